The van der Waals surface area contributed by atoms with E-state index in [1.807, 2.05) is 51.1 Å². The molecule has 0 bridgehead atoms. The first kappa shape index (κ1) is 19.8. The number of halogens is 1. The van der Waals surface area contributed by atoms with Gasteiger partial charge < -0.3 is 14.8 Å². The van der Waals surface area contributed by atoms with Crippen molar-refractivity contribution in [3.05, 3.63) is 64.2 Å². The maximum atomic E-state index is 11.9. The molecular formula is C20H22ClNO4. The minimum atomic E-state index is -0.600. The second-order valence-corrected chi connectivity index (χ2v) is 6.50. The summed E-state index contributed by atoms with van der Waals surface area (Å²) in [6, 6.07) is 12.7. The number of ether oxygens (including phenoxy) is 2. The number of benzene rings is 2. The molecule has 0 saturated heterocycles. The molecule has 5 nitrogen and oxygen atoms in total. The molecule has 2 aromatic rings. The smallest absolute Gasteiger partial charge is 0.344 e. The van der Waals surface area contributed by atoms with Crippen LogP contribution in [0.4, 0.5) is 0 Å². The van der Waals surface area contributed by atoms with E-state index in [1.54, 1.807) is 12.1 Å². The highest BCUT2D eigenvalue weighted by atomic mass is 35.5. The number of aryl methyl sites for hydroxylation is 2. The summed E-state index contributed by atoms with van der Waals surface area (Å²) < 4.78 is 10.4. The highest BCUT2D eigenvalue weighted by Gasteiger charge is 2.13. The Bertz CT molecular complexity index is 791. The number of carbonyl (C=O) groups excluding carboxylic acids is 2. The standard InChI is InChI=1S/C20H22ClNO4/c1-13-7-8-14(2)18(9-13)25-12-20(24)26-11-19(23)22-15(3)16-5-4-6-17(21)10-16/h4-10,15H,11-12H2,1-3H3,(H,22,23)/t15-/m1/s1. The molecular weight excluding hydrogens is 354 g/mol. The monoisotopic (exact) mass is 375 g/mol. The van der Waals surface area contributed by atoms with Crippen molar-refractivity contribution < 1.29 is 19.1 Å². The second-order valence-electron chi connectivity index (χ2n) is 6.06. The summed E-state index contributed by atoms with van der Waals surface area (Å²) in [6.45, 7) is 5.05. The van der Waals surface area contributed by atoms with Crippen LogP contribution in [0.25, 0.3) is 0 Å². The van der Waals surface area contributed by atoms with Gasteiger partial charge in [0.1, 0.15) is 5.75 Å². The molecule has 26 heavy (non-hydrogen) atoms. The van der Waals surface area contributed by atoms with Gasteiger partial charge in [-0.2, -0.15) is 0 Å². The lowest BCUT2D eigenvalue weighted by Crippen LogP contribution is -2.32. The van der Waals surface area contributed by atoms with Gasteiger partial charge in [0, 0.05) is 5.02 Å². The van der Waals surface area contributed by atoms with Crippen LogP contribution in [0.2, 0.25) is 5.02 Å². The Labute approximate surface area is 158 Å². The SMILES string of the molecule is Cc1ccc(C)c(OCC(=O)OCC(=O)N[C@H](C)c2cccc(Cl)c2)c1. The van der Waals surface area contributed by atoms with Gasteiger partial charge >= 0.3 is 5.97 Å². The van der Waals surface area contributed by atoms with Crippen molar-refractivity contribution in [3.8, 4) is 5.75 Å². The lowest BCUT2D eigenvalue weighted by molar-refractivity contribution is -0.150. The molecule has 0 heterocycles. The van der Waals surface area contributed by atoms with Crippen molar-refractivity contribution in [3.63, 3.8) is 0 Å². The zero-order valence-corrected chi connectivity index (χ0v) is 15.8. The fourth-order valence-electron chi connectivity index (χ4n) is 2.33. The van der Waals surface area contributed by atoms with Gasteiger partial charge in [0.2, 0.25) is 0 Å². The predicted octanol–water partition coefficient (Wildman–Crippen LogP) is 3.76. The Morgan fingerprint density at radius 1 is 1.12 bits per heavy atom. The highest BCUT2D eigenvalue weighted by Crippen LogP contribution is 2.19. The molecule has 2 rings (SSSR count). The van der Waals surface area contributed by atoms with Crippen LogP contribution in [0.5, 0.6) is 5.75 Å². The first-order chi connectivity index (χ1) is 12.3. The number of carbonyl (C=O) groups is 2. The summed E-state index contributed by atoms with van der Waals surface area (Å²) in [6.07, 6.45) is 0. The topological polar surface area (TPSA) is 64.6 Å². The van der Waals surface area contributed by atoms with Crippen molar-refractivity contribution in [2.24, 2.45) is 0 Å². The Morgan fingerprint density at radius 2 is 1.88 bits per heavy atom. The van der Waals surface area contributed by atoms with Crippen LogP contribution < -0.4 is 10.1 Å². The Balaban J connectivity index is 1.76. The average Bonchev–Trinajstić information content (AvgIpc) is 2.60. The van der Waals surface area contributed by atoms with Crippen molar-refractivity contribution in [1.82, 2.24) is 5.32 Å². The van der Waals surface area contributed by atoms with Gasteiger partial charge in [0.05, 0.1) is 6.04 Å². The summed E-state index contributed by atoms with van der Waals surface area (Å²) in [5.41, 5.74) is 2.83. The maximum Gasteiger partial charge on any atom is 0.344 e. The van der Waals surface area contributed by atoms with Gasteiger partial charge in [-0.15, -0.1) is 0 Å². The minimum Gasteiger partial charge on any atom is -0.482 e. The predicted molar refractivity (Wildman–Crippen MR) is 100 cm³/mol. The van der Waals surface area contributed by atoms with E-state index in [1.165, 1.54) is 0 Å². The number of amides is 1. The largest absolute Gasteiger partial charge is 0.482 e. The molecule has 0 spiro atoms. The van der Waals surface area contributed by atoms with E-state index in [0.717, 1.165) is 16.7 Å². The summed E-state index contributed by atoms with van der Waals surface area (Å²) in [5.74, 6) is -0.366. The van der Waals surface area contributed by atoms with Crippen molar-refractivity contribution in [2.75, 3.05) is 13.2 Å². The van der Waals surface area contributed by atoms with Gasteiger partial charge in [-0.3, -0.25) is 4.79 Å². The first-order valence-electron chi connectivity index (χ1n) is 8.25. The molecule has 1 amide bonds. The average molecular weight is 376 g/mol. The Morgan fingerprint density at radius 3 is 2.62 bits per heavy atom. The van der Waals surface area contributed by atoms with Gasteiger partial charge in [0.15, 0.2) is 13.2 Å². The highest BCUT2D eigenvalue weighted by molar-refractivity contribution is 6.30. The van der Waals surface area contributed by atoms with Crippen LogP contribution in [0.1, 0.15) is 29.7 Å². The van der Waals surface area contributed by atoms with E-state index in [0.29, 0.717) is 10.8 Å². The molecule has 0 radical (unpaired) electrons. The number of hydrogen-bond acceptors (Lipinski definition) is 4. The van der Waals surface area contributed by atoms with E-state index in [2.05, 4.69) is 5.32 Å². The van der Waals surface area contributed by atoms with Crippen LogP contribution in [0.3, 0.4) is 0 Å². The van der Waals surface area contributed by atoms with Crippen LogP contribution in [-0.2, 0) is 14.3 Å². The quantitative estimate of drug-likeness (QED) is 0.748. The van der Waals surface area contributed by atoms with Gasteiger partial charge in [-0.05, 0) is 55.7 Å². The molecule has 0 saturated carbocycles. The summed E-state index contributed by atoms with van der Waals surface area (Å²) in [4.78, 5) is 23.7. The van der Waals surface area contributed by atoms with Crippen LogP contribution in [0.15, 0.2) is 42.5 Å². The lowest BCUT2D eigenvalue weighted by atomic mass is 10.1. The van der Waals surface area contributed by atoms with Gasteiger partial charge in [-0.1, -0.05) is 35.9 Å². The third-order valence-corrected chi connectivity index (χ3v) is 4.01. The van der Waals surface area contributed by atoms with Crippen molar-refractivity contribution >= 4 is 23.5 Å². The maximum absolute atomic E-state index is 11.9. The van der Waals surface area contributed by atoms with Gasteiger partial charge in [-0.25, -0.2) is 4.79 Å². The zero-order valence-electron chi connectivity index (χ0n) is 15.0. The molecule has 2 aromatic carbocycles. The number of nitrogens with one attached hydrogen (secondary N) is 1. The zero-order chi connectivity index (χ0) is 19.1. The Hall–Kier alpha value is -2.53. The third-order valence-electron chi connectivity index (χ3n) is 3.78. The van der Waals surface area contributed by atoms with E-state index in [4.69, 9.17) is 21.1 Å². The van der Waals surface area contributed by atoms with E-state index in [-0.39, 0.29) is 19.3 Å². The third kappa shape index (κ3) is 6.08. The minimum absolute atomic E-state index is 0.244. The number of hydrogen-bond donors (Lipinski definition) is 1. The molecule has 0 unspecified atom stereocenters. The van der Waals surface area contributed by atoms with E-state index < -0.39 is 11.9 Å². The van der Waals surface area contributed by atoms with Crippen LogP contribution in [0, 0.1) is 13.8 Å². The molecule has 0 aliphatic carbocycles. The van der Waals surface area contributed by atoms with Crippen LogP contribution >= 0.6 is 11.6 Å². The molecule has 1 N–H and O–H groups in total. The normalized spacial score (nSPS) is 11.5. The molecule has 1 atom stereocenters. The van der Waals surface area contributed by atoms with E-state index >= 15 is 0 Å². The first-order valence-corrected chi connectivity index (χ1v) is 8.63. The van der Waals surface area contributed by atoms with Crippen molar-refractivity contribution in [1.29, 1.82) is 0 Å². The molecule has 138 valence electrons. The second kappa shape index (κ2) is 9.25. The molecule has 0 aliphatic rings. The Kier molecular flexibility index (Phi) is 7.04. The lowest BCUT2D eigenvalue weighted by Gasteiger charge is -2.15. The number of rotatable bonds is 7. The number of esters is 1. The molecule has 0 fully saturated rings. The molecule has 6 heteroatoms. The van der Waals surface area contributed by atoms with Crippen LogP contribution in [-0.4, -0.2) is 25.1 Å². The van der Waals surface area contributed by atoms with Crippen molar-refractivity contribution in [2.45, 2.75) is 26.8 Å². The summed E-state index contributed by atoms with van der Waals surface area (Å²) in [7, 11) is 0. The summed E-state index contributed by atoms with van der Waals surface area (Å²) in [5, 5.41) is 3.35. The van der Waals surface area contributed by atoms with E-state index in [9.17, 15) is 9.59 Å². The summed E-state index contributed by atoms with van der Waals surface area (Å²) >= 11 is 5.94. The fraction of sp³-hybridized carbons (Fsp3) is 0.300. The fourth-order valence-corrected chi connectivity index (χ4v) is 2.53. The molecule has 0 aliphatic heterocycles. The molecule has 0 aromatic heterocycles. The van der Waals surface area contributed by atoms with Gasteiger partial charge in [0.25, 0.3) is 5.91 Å².